The van der Waals surface area contributed by atoms with Crippen molar-refractivity contribution >= 4 is 21.8 Å². The van der Waals surface area contributed by atoms with E-state index in [1.165, 1.54) is 0 Å². The Kier molecular flexibility index (Phi) is 6.31. The highest BCUT2D eigenvalue weighted by Gasteiger charge is 2.09. The first-order valence-corrected chi connectivity index (χ1v) is 7.09. The van der Waals surface area contributed by atoms with Gasteiger partial charge in [0.15, 0.2) is 0 Å². The summed E-state index contributed by atoms with van der Waals surface area (Å²) in [5.41, 5.74) is 6.88. The summed E-state index contributed by atoms with van der Waals surface area (Å²) in [5.74, 6) is 0.905. The van der Waals surface area contributed by atoms with Crippen molar-refractivity contribution in [3.05, 3.63) is 28.2 Å². The quantitative estimate of drug-likeness (QED) is 0.817. The molecule has 0 aliphatic heterocycles. The van der Waals surface area contributed by atoms with Crippen LogP contribution < -0.4 is 10.5 Å². The number of carbonyl (C=O) groups is 1. The van der Waals surface area contributed by atoms with Crippen molar-refractivity contribution in [1.29, 1.82) is 0 Å². The molecule has 1 aromatic rings. The van der Waals surface area contributed by atoms with Crippen molar-refractivity contribution < 1.29 is 9.53 Å². The highest BCUT2D eigenvalue weighted by Crippen LogP contribution is 2.27. The monoisotopic (exact) mass is 328 g/mol. The maximum Gasteiger partial charge on any atom is 0.222 e. The highest BCUT2D eigenvalue weighted by atomic mass is 79.9. The zero-order valence-electron chi connectivity index (χ0n) is 11.6. The van der Waals surface area contributed by atoms with Crippen molar-refractivity contribution in [2.45, 2.75) is 25.8 Å². The van der Waals surface area contributed by atoms with Crippen LogP contribution in [0.4, 0.5) is 0 Å². The van der Waals surface area contributed by atoms with Gasteiger partial charge in [0.25, 0.3) is 0 Å². The molecule has 0 saturated heterocycles. The Labute approximate surface area is 123 Å². The minimum absolute atomic E-state index is 0.0871. The summed E-state index contributed by atoms with van der Waals surface area (Å²) < 4.78 is 6.69. The number of halogens is 1. The SMILES string of the molecule is C[C@@H](N)c1cc(Br)ccc1OCCCC(=O)N(C)C. The van der Waals surface area contributed by atoms with Crippen LogP contribution in [0.25, 0.3) is 0 Å². The van der Waals surface area contributed by atoms with E-state index in [-0.39, 0.29) is 11.9 Å². The maximum atomic E-state index is 11.4. The molecule has 0 spiro atoms. The van der Waals surface area contributed by atoms with Crippen molar-refractivity contribution in [1.82, 2.24) is 4.90 Å². The summed E-state index contributed by atoms with van der Waals surface area (Å²) in [6.07, 6.45) is 1.20. The fourth-order valence-corrected chi connectivity index (χ4v) is 2.01. The summed E-state index contributed by atoms with van der Waals surface area (Å²) in [6, 6.07) is 5.70. The average Bonchev–Trinajstić information content (AvgIpc) is 2.35. The van der Waals surface area contributed by atoms with Crippen molar-refractivity contribution in [2.75, 3.05) is 20.7 Å². The number of nitrogens with two attached hydrogens (primary N) is 1. The molecule has 0 aromatic heterocycles. The van der Waals surface area contributed by atoms with Crippen LogP contribution in [0.2, 0.25) is 0 Å². The number of ether oxygens (including phenoxy) is 1. The molecule has 19 heavy (non-hydrogen) atoms. The molecule has 0 unspecified atom stereocenters. The van der Waals surface area contributed by atoms with Gasteiger partial charge in [-0.3, -0.25) is 4.79 Å². The Morgan fingerprint density at radius 2 is 2.16 bits per heavy atom. The van der Waals surface area contributed by atoms with Crippen LogP contribution in [-0.4, -0.2) is 31.5 Å². The van der Waals surface area contributed by atoms with Gasteiger partial charge in [0.1, 0.15) is 5.75 Å². The number of nitrogens with zero attached hydrogens (tertiary/aromatic N) is 1. The Hall–Kier alpha value is -1.07. The predicted molar refractivity (Wildman–Crippen MR) is 80.2 cm³/mol. The highest BCUT2D eigenvalue weighted by molar-refractivity contribution is 9.10. The van der Waals surface area contributed by atoms with E-state index in [9.17, 15) is 4.79 Å². The van der Waals surface area contributed by atoms with Gasteiger partial charge in [0.05, 0.1) is 6.61 Å². The zero-order chi connectivity index (χ0) is 14.4. The molecule has 0 aliphatic rings. The number of benzene rings is 1. The molecule has 0 aliphatic carbocycles. The normalized spacial score (nSPS) is 12.1. The molecule has 1 rings (SSSR count). The van der Waals surface area contributed by atoms with Gasteiger partial charge in [-0.2, -0.15) is 0 Å². The van der Waals surface area contributed by atoms with Gasteiger partial charge in [-0.1, -0.05) is 15.9 Å². The van der Waals surface area contributed by atoms with E-state index in [1.807, 2.05) is 25.1 Å². The lowest BCUT2D eigenvalue weighted by Crippen LogP contribution is -2.21. The molecule has 106 valence electrons. The van der Waals surface area contributed by atoms with E-state index < -0.39 is 0 Å². The third-order valence-corrected chi connectivity index (χ3v) is 3.25. The fourth-order valence-electron chi connectivity index (χ4n) is 1.64. The Morgan fingerprint density at radius 1 is 1.47 bits per heavy atom. The lowest BCUT2D eigenvalue weighted by Gasteiger charge is -2.15. The van der Waals surface area contributed by atoms with Crippen molar-refractivity contribution in [2.24, 2.45) is 5.73 Å². The average molecular weight is 329 g/mol. The molecule has 1 atom stereocenters. The Morgan fingerprint density at radius 3 is 2.74 bits per heavy atom. The first kappa shape index (κ1) is 16.0. The molecule has 4 nitrogen and oxygen atoms in total. The summed E-state index contributed by atoms with van der Waals surface area (Å²) in [4.78, 5) is 13.0. The Balaban J connectivity index is 2.52. The number of amides is 1. The standard InChI is InChI=1S/C14H21BrN2O2/c1-10(16)12-9-11(15)6-7-13(12)19-8-4-5-14(18)17(2)3/h6-7,9-10H,4-5,8,16H2,1-3H3/t10-/m1/s1. The largest absolute Gasteiger partial charge is 0.493 e. The smallest absolute Gasteiger partial charge is 0.222 e. The molecule has 0 saturated carbocycles. The van der Waals surface area contributed by atoms with Crippen LogP contribution in [0.15, 0.2) is 22.7 Å². The van der Waals surface area contributed by atoms with Gasteiger partial charge in [-0.15, -0.1) is 0 Å². The summed E-state index contributed by atoms with van der Waals surface area (Å²) in [7, 11) is 3.51. The molecule has 2 N–H and O–H groups in total. The minimum Gasteiger partial charge on any atom is -0.493 e. The molecule has 0 heterocycles. The van der Waals surface area contributed by atoms with Gasteiger partial charge < -0.3 is 15.4 Å². The number of rotatable bonds is 6. The van der Waals surface area contributed by atoms with E-state index in [0.29, 0.717) is 19.4 Å². The third kappa shape index (κ3) is 5.20. The van der Waals surface area contributed by atoms with E-state index in [4.69, 9.17) is 10.5 Å². The van der Waals surface area contributed by atoms with Crippen LogP contribution >= 0.6 is 15.9 Å². The molecule has 1 amide bonds. The molecule has 5 heteroatoms. The van der Waals surface area contributed by atoms with Gasteiger partial charge >= 0.3 is 0 Å². The van der Waals surface area contributed by atoms with E-state index in [0.717, 1.165) is 15.8 Å². The van der Waals surface area contributed by atoms with Gasteiger partial charge in [-0.25, -0.2) is 0 Å². The second-order valence-corrected chi connectivity index (χ2v) is 5.63. The molecule has 0 fully saturated rings. The lowest BCUT2D eigenvalue weighted by atomic mass is 10.1. The molecular weight excluding hydrogens is 308 g/mol. The van der Waals surface area contributed by atoms with Gasteiger partial charge in [-0.05, 0) is 31.5 Å². The van der Waals surface area contributed by atoms with E-state index in [2.05, 4.69) is 15.9 Å². The minimum atomic E-state index is -0.0871. The summed E-state index contributed by atoms with van der Waals surface area (Å²) in [6.45, 7) is 2.44. The van der Waals surface area contributed by atoms with Crippen LogP contribution in [-0.2, 0) is 4.79 Å². The van der Waals surface area contributed by atoms with Crippen LogP contribution in [0, 0.1) is 0 Å². The van der Waals surface area contributed by atoms with E-state index in [1.54, 1.807) is 19.0 Å². The third-order valence-electron chi connectivity index (χ3n) is 2.75. The van der Waals surface area contributed by atoms with Gasteiger partial charge in [0.2, 0.25) is 5.91 Å². The topological polar surface area (TPSA) is 55.6 Å². The molecular formula is C14H21BrN2O2. The van der Waals surface area contributed by atoms with Crippen LogP contribution in [0.5, 0.6) is 5.75 Å². The molecule has 0 bridgehead atoms. The zero-order valence-corrected chi connectivity index (χ0v) is 13.2. The van der Waals surface area contributed by atoms with Crippen molar-refractivity contribution in [3.8, 4) is 5.75 Å². The van der Waals surface area contributed by atoms with Crippen LogP contribution in [0.1, 0.15) is 31.4 Å². The van der Waals surface area contributed by atoms with Crippen molar-refractivity contribution in [3.63, 3.8) is 0 Å². The molecule has 0 radical (unpaired) electrons. The number of hydrogen-bond acceptors (Lipinski definition) is 3. The Bertz CT molecular complexity index is 433. The molecule has 1 aromatic carbocycles. The first-order valence-electron chi connectivity index (χ1n) is 6.29. The number of hydrogen-bond donors (Lipinski definition) is 1. The summed E-state index contributed by atoms with van der Waals surface area (Å²) in [5, 5.41) is 0. The second-order valence-electron chi connectivity index (χ2n) is 4.71. The maximum absolute atomic E-state index is 11.4. The van der Waals surface area contributed by atoms with E-state index >= 15 is 0 Å². The predicted octanol–water partition coefficient (Wildman–Crippen LogP) is 2.72. The van der Waals surface area contributed by atoms with Crippen LogP contribution in [0.3, 0.4) is 0 Å². The fraction of sp³-hybridized carbons (Fsp3) is 0.500. The number of carbonyl (C=O) groups excluding carboxylic acids is 1. The first-order chi connectivity index (χ1) is 8.91. The van der Waals surface area contributed by atoms with Gasteiger partial charge in [0, 0.05) is 36.6 Å². The lowest BCUT2D eigenvalue weighted by molar-refractivity contribution is -0.128. The second kappa shape index (κ2) is 7.50. The summed E-state index contributed by atoms with van der Waals surface area (Å²) >= 11 is 3.42.